The summed E-state index contributed by atoms with van der Waals surface area (Å²) in [4.78, 5) is 46.6. The first-order valence-electron chi connectivity index (χ1n) is 11.2. The Hall–Kier alpha value is -3.84. The van der Waals surface area contributed by atoms with Gasteiger partial charge in [-0.05, 0) is 24.3 Å². The van der Waals surface area contributed by atoms with Gasteiger partial charge < -0.3 is 9.47 Å². The number of Topliss-reactive ketones (excluding diaryl/α,β-unsaturated/α-hetero) is 2. The number of carbonyl (C=O) groups excluding carboxylic acids is 4. The Labute approximate surface area is 237 Å². The molecule has 0 unspecified atom stereocenters. The standard InChI is InChI=1S/C15H12O4.C15H12O2.Na.H/c16-14(18-12-7-3-1-4-8-12)11-15(17)19-13-9-5-2-6-10-13;16-14(12-7-3-1-4-8-12)11-15(17)13-9-5-2-6-10-13;;/h1-10H,11H2;1-10H,11H2;;. The molecule has 0 aliphatic heterocycles. The number of carbonyl (C=O) groups is 4. The third-order valence-electron chi connectivity index (χ3n) is 4.75. The molecule has 7 heteroatoms. The predicted octanol–water partition coefficient (Wildman–Crippen LogP) is 5.08. The van der Waals surface area contributed by atoms with Gasteiger partial charge in [0.15, 0.2) is 11.6 Å². The first kappa shape index (κ1) is 29.4. The summed E-state index contributed by atoms with van der Waals surface area (Å²) < 4.78 is 9.97. The molecule has 0 amide bonds. The van der Waals surface area contributed by atoms with E-state index in [0.29, 0.717) is 22.6 Å². The quantitative estimate of drug-likeness (QED) is 0.109. The molecule has 0 fully saturated rings. The number of esters is 2. The van der Waals surface area contributed by atoms with Crippen LogP contribution in [-0.2, 0) is 9.59 Å². The van der Waals surface area contributed by atoms with Crippen LogP contribution < -0.4 is 9.47 Å². The van der Waals surface area contributed by atoms with E-state index < -0.39 is 18.4 Å². The molecule has 182 valence electrons. The SMILES string of the molecule is O=C(CC(=O)Oc1ccccc1)Oc1ccccc1.O=C(CC(=O)c1ccccc1)c1ccccc1.[NaH]. The van der Waals surface area contributed by atoms with E-state index in [2.05, 4.69) is 0 Å². The molecule has 0 saturated carbocycles. The molecule has 0 aliphatic rings. The maximum atomic E-state index is 11.8. The number of rotatable bonds is 8. The van der Waals surface area contributed by atoms with Crippen molar-refractivity contribution >= 4 is 53.1 Å². The summed E-state index contributed by atoms with van der Waals surface area (Å²) in [6.07, 6.45) is -0.502. The van der Waals surface area contributed by atoms with E-state index in [1.54, 1.807) is 109 Å². The van der Waals surface area contributed by atoms with Crippen LogP contribution in [0.2, 0.25) is 0 Å². The second-order valence-corrected chi connectivity index (χ2v) is 7.51. The second kappa shape index (κ2) is 16.0. The molecule has 0 bridgehead atoms. The molecule has 0 saturated heterocycles. The number of hydrogen-bond donors (Lipinski definition) is 0. The Morgan fingerprint density at radius 1 is 0.432 bits per heavy atom. The Balaban J connectivity index is 0.000000255. The van der Waals surface area contributed by atoms with Crippen LogP contribution in [0.3, 0.4) is 0 Å². The van der Waals surface area contributed by atoms with Gasteiger partial charge in [0.05, 0.1) is 6.42 Å². The van der Waals surface area contributed by atoms with Crippen molar-refractivity contribution < 1.29 is 28.7 Å². The van der Waals surface area contributed by atoms with Gasteiger partial charge in [-0.25, -0.2) is 0 Å². The minimum atomic E-state index is -0.646. The molecule has 0 N–H and O–H groups in total. The van der Waals surface area contributed by atoms with E-state index in [9.17, 15) is 19.2 Å². The number of ether oxygens (including phenoxy) is 2. The molecule has 37 heavy (non-hydrogen) atoms. The van der Waals surface area contributed by atoms with Crippen LogP contribution in [0.15, 0.2) is 121 Å². The fourth-order valence-corrected chi connectivity index (χ4v) is 3.03. The second-order valence-electron chi connectivity index (χ2n) is 7.51. The Morgan fingerprint density at radius 2 is 0.730 bits per heavy atom. The van der Waals surface area contributed by atoms with Crippen molar-refractivity contribution in [3.05, 3.63) is 132 Å². The molecule has 4 aromatic carbocycles. The van der Waals surface area contributed by atoms with Crippen LogP contribution in [0.1, 0.15) is 33.6 Å². The van der Waals surface area contributed by atoms with E-state index in [1.165, 1.54) is 0 Å². The van der Waals surface area contributed by atoms with E-state index in [4.69, 9.17) is 9.47 Å². The van der Waals surface area contributed by atoms with Crippen LogP contribution in [0.4, 0.5) is 0 Å². The van der Waals surface area contributed by atoms with Crippen LogP contribution in [-0.4, -0.2) is 53.1 Å². The van der Waals surface area contributed by atoms with Crippen molar-refractivity contribution in [1.29, 1.82) is 0 Å². The molecule has 4 aromatic rings. The van der Waals surface area contributed by atoms with Gasteiger partial charge in [-0.1, -0.05) is 97.1 Å². The zero-order valence-corrected chi connectivity index (χ0v) is 19.4. The number of para-hydroxylation sites is 2. The van der Waals surface area contributed by atoms with Gasteiger partial charge in [0.1, 0.15) is 17.9 Å². The third-order valence-corrected chi connectivity index (χ3v) is 4.75. The fraction of sp³-hybridized carbons (Fsp3) is 0.0667. The number of ketones is 2. The molecule has 0 radical (unpaired) electrons. The van der Waals surface area contributed by atoms with Gasteiger partial charge >= 0.3 is 41.5 Å². The number of benzene rings is 4. The van der Waals surface area contributed by atoms with E-state index in [1.807, 2.05) is 12.1 Å². The Bertz CT molecular complexity index is 1180. The van der Waals surface area contributed by atoms with Crippen molar-refractivity contribution in [1.82, 2.24) is 0 Å². The van der Waals surface area contributed by atoms with Crippen molar-refractivity contribution in [2.45, 2.75) is 12.8 Å². The maximum absolute atomic E-state index is 11.8. The normalized spacial score (nSPS) is 9.51. The van der Waals surface area contributed by atoms with Gasteiger partial charge in [-0.3, -0.25) is 19.2 Å². The average molecular weight is 505 g/mol. The van der Waals surface area contributed by atoms with Gasteiger partial charge in [-0.2, -0.15) is 0 Å². The molecule has 0 aliphatic carbocycles. The van der Waals surface area contributed by atoms with Crippen molar-refractivity contribution in [3.8, 4) is 11.5 Å². The minimum absolute atomic E-state index is 0. The summed E-state index contributed by atoms with van der Waals surface area (Å²) in [7, 11) is 0. The zero-order valence-electron chi connectivity index (χ0n) is 19.4. The Kier molecular flexibility index (Phi) is 12.7. The monoisotopic (exact) mass is 504 g/mol. The van der Waals surface area contributed by atoms with Crippen LogP contribution in [0.25, 0.3) is 0 Å². The summed E-state index contributed by atoms with van der Waals surface area (Å²) in [6.45, 7) is 0. The average Bonchev–Trinajstić information content (AvgIpc) is 2.91. The van der Waals surface area contributed by atoms with E-state index in [-0.39, 0.29) is 47.5 Å². The van der Waals surface area contributed by atoms with Gasteiger partial charge in [-0.15, -0.1) is 0 Å². The molecule has 0 atom stereocenters. The molecule has 6 nitrogen and oxygen atoms in total. The fourth-order valence-electron chi connectivity index (χ4n) is 3.03. The first-order valence-corrected chi connectivity index (χ1v) is 11.2. The van der Waals surface area contributed by atoms with E-state index in [0.717, 1.165) is 0 Å². The molecule has 0 heterocycles. The summed E-state index contributed by atoms with van der Waals surface area (Å²) in [5.74, 6) is -0.766. The van der Waals surface area contributed by atoms with Gasteiger partial charge in [0.25, 0.3) is 0 Å². The topological polar surface area (TPSA) is 86.7 Å². The summed E-state index contributed by atoms with van der Waals surface area (Å²) in [5, 5.41) is 0. The van der Waals surface area contributed by atoms with Crippen LogP contribution >= 0.6 is 0 Å². The van der Waals surface area contributed by atoms with Crippen LogP contribution in [0, 0.1) is 0 Å². The molecule has 4 rings (SSSR count). The molecule has 0 spiro atoms. The molecular formula is C30H25NaO6. The Morgan fingerprint density at radius 3 is 1.05 bits per heavy atom. The third kappa shape index (κ3) is 10.8. The number of hydrogen-bond acceptors (Lipinski definition) is 6. The van der Waals surface area contributed by atoms with Gasteiger partial charge in [0.2, 0.25) is 0 Å². The summed E-state index contributed by atoms with van der Waals surface area (Å²) >= 11 is 0. The molecule has 0 aromatic heterocycles. The van der Waals surface area contributed by atoms with E-state index >= 15 is 0 Å². The zero-order chi connectivity index (χ0) is 25.6. The molecular weight excluding hydrogens is 479 g/mol. The predicted molar refractivity (Wildman–Crippen MR) is 142 cm³/mol. The van der Waals surface area contributed by atoms with Crippen molar-refractivity contribution in [2.75, 3.05) is 0 Å². The summed E-state index contributed by atoms with van der Waals surface area (Å²) in [5.41, 5.74) is 1.16. The van der Waals surface area contributed by atoms with Gasteiger partial charge in [0, 0.05) is 11.1 Å². The van der Waals surface area contributed by atoms with Crippen molar-refractivity contribution in [2.24, 2.45) is 0 Å². The first-order chi connectivity index (χ1) is 17.5. The summed E-state index contributed by atoms with van der Waals surface area (Å²) in [6, 6.07) is 34.9. The van der Waals surface area contributed by atoms with Crippen LogP contribution in [0.5, 0.6) is 11.5 Å². The van der Waals surface area contributed by atoms with Crippen molar-refractivity contribution in [3.63, 3.8) is 0 Å².